The van der Waals surface area contributed by atoms with E-state index in [4.69, 9.17) is 0 Å². The number of amides is 1. The van der Waals surface area contributed by atoms with E-state index >= 15 is 0 Å². The van der Waals surface area contributed by atoms with Gasteiger partial charge in [-0.15, -0.1) is 10.2 Å². The summed E-state index contributed by atoms with van der Waals surface area (Å²) in [7, 11) is -3.06. The molecule has 3 aromatic rings. The average Bonchev–Trinajstić information content (AvgIpc) is 3.41. The quantitative estimate of drug-likeness (QED) is 0.437. The topological polar surface area (TPSA) is 85.2 Å². The van der Waals surface area contributed by atoms with E-state index in [-0.39, 0.29) is 34.6 Å². The zero-order valence-electron chi connectivity index (χ0n) is 20.6. The van der Waals surface area contributed by atoms with Gasteiger partial charge in [-0.3, -0.25) is 9.36 Å². The third-order valence-corrected chi connectivity index (χ3v) is 8.96. The Morgan fingerprint density at radius 3 is 2.34 bits per heavy atom. The molecular weight excluding hydrogens is 480 g/mol. The highest BCUT2D eigenvalue weighted by Crippen LogP contribution is 2.30. The van der Waals surface area contributed by atoms with E-state index in [1.54, 1.807) is 4.90 Å². The molecule has 1 fully saturated rings. The van der Waals surface area contributed by atoms with Crippen LogP contribution in [0.4, 0.5) is 0 Å². The summed E-state index contributed by atoms with van der Waals surface area (Å²) in [5.74, 6) is 0.984. The molecule has 2 heterocycles. The van der Waals surface area contributed by atoms with Gasteiger partial charge < -0.3 is 4.90 Å². The summed E-state index contributed by atoms with van der Waals surface area (Å²) in [6.45, 7) is 8.91. The molecule has 0 unspecified atom stereocenters. The largest absolute Gasteiger partial charge is 0.338 e. The molecule has 0 aliphatic carbocycles. The summed E-state index contributed by atoms with van der Waals surface area (Å²) in [4.78, 5) is 14.7. The molecule has 9 heteroatoms. The number of aromatic nitrogens is 3. The number of para-hydroxylation sites is 1. The monoisotopic (exact) mass is 512 g/mol. The van der Waals surface area contributed by atoms with E-state index in [0.717, 1.165) is 11.3 Å². The first-order valence-corrected chi connectivity index (χ1v) is 14.6. The van der Waals surface area contributed by atoms with Crippen molar-refractivity contribution in [3.05, 3.63) is 60.2 Å². The lowest BCUT2D eigenvalue weighted by Crippen LogP contribution is -2.42. The van der Waals surface area contributed by atoms with Gasteiger partial charge in [0.1, 0.15) is 0 Å². The van der Waals surface area contributed by atoms with Gasteiger partial charge in [0.05, 0.1) is 17.3 Å². The molecule has 186 valence electrons. The van der Waals surface area contributed by atoms with Crippen LogP contribution in [0.25, 0.3) is 17.1 Å². The molecule has 0 N–H and O–H groups in total. The Kier molecular flexibility index (Phi) is 7.38. The molecule has 1 aliphatic rings. The van der Waals surface area contributed by atoms with Crippen molar-refractivity contribution in [2.75, 3.05) is 23.8 Å². The fourth-order valence-electron chi connectivity index (χ4n) is 4.35. The molecule has 7 nitrogen and oxygen atoms in total. The maximum absolute atomic E-state index is 13.1. The molecule has 0 radical (unpaired) electrons. The van der Waals surface area contributed by atoms with Crippen LogP contribution in [0.2, 0.25) is 0 Å². The van der Waals surface area contributed by atoms with Gasteiger partial charge >= 0.3 is 0 Å². The van der Waals surface area contributed by atoms with Crippen LogP contribution in [-0.2, 0) is 20.0 Å². The summed E-state index contributed by atoms with van der Waals surface area (Å²) < 4.78 is 25.8. The van der Waals surface area contributed by atoms with Crippen molar-refractivity contribution in [3.63, 3.8) is 0 Å². The second-order valence-electron chi connectivity index (χ2n) is 9.83. The molecule has 1 aliphatic heterocycles. The molecule has 4 rings (SSSR count). The van der Waals surface area contributed by atoms with Crippen molar-refractivity contribution in [2.24, 2.45) is 0 Å². The Morgan fingerprint density at radius 2 is 1.77 bits per heavy atom. The first-order chi connectivity index (χ1) is 16.6. The third kappa shape index (κ3) is 5.78. The molecule has 1 aromatic heterocycles. The number of carbonyl (C=O) groups excluding carboxylic acids is 1. The molecule has 1 amide bonds. The second-order valence-corrected chi connectivity index (χ2v) is 13.0. The van der Waals surface area contributed by atoms with Crippen molar-refractivity contribution in [2.45, 2.75) is 50.7 Å². The van der Waals surface area contributed by atoms with E-state index in [2.05, 4.69) is 55.2 Å². The van der Waals surface area contributed by atoms with Crippen molar-refractivity contribution >= 4 is 27.5 Å². The van der Waals surface area contributed by atoms with Gasteiger partial charge in [-0.1, -0.05) is 75.0 Å². The fraction of sp³-hybridized carbons (Fsp3) is 0.423. The standard InChI is InChI=1S/C26H32N4O3S2/c1-5-29(22-15-16-35(32,33)18-22)23(31)17-34-25-28-27-24(30(25)21-9-7-6-8-10-21)19-11-13-20(14-12-19)26(2,3)4/h6-14,22H,5,15-18H2,1-4H3/t22-/m1/s1. The van der Waals surface area contributed by atoms with Gasteiger partial charge in [0, 0.05) is 23.8 Å². The Bertz CT molecular complexity index is 1280. The number of hydrogen-bond donors (Lipinski definition) is 0. The first-order valence-electron chi connectivity index (χ1n) is 11.8. The first kappa shape index (κ1) is 25.4. The highest BCUT2D eigenvalue weighted by Gasteiger charge is 2.34. The number of nitrogens with zero attached hydrogens (tertiary/aromatic N) is 4. The van der Waals surface area contributed by atoms with Gasteiger partial charge in [-0.25, -0.2) is 8.42 Å². The van der Waals surface area contributed by atoms with Crippen LogP contribution >= 0.6 is 11.8 Å². The summed E-state index contributed by atoms with van der Waals surface area (Å²) >= 11 is 1.32. The van der Waals surface area contributed by atoms with E-state index in [0.29, 0.717) is 23.9 Å². The van der Waals surface area contributed by atoms with Gasteiger partial charge in [0.15, 0.2) is 20.8 Å². The average molecular weight is 513 g/mol. The van der Waals surface area contributed by atoms with Crippen molar-refractivity contribution < 1.29 is 13.2 Å². The summed E-state index contributed by atoms with van der Waals surface area (Å²) in [5.41, 5.74) is 3.15. The maximum atomic E-state index is 13.1. The van der Waals surface area contributed by atoms with Gasteiger partial charge in [0.25, 0.3) is 0 Å². The SMILES string of the molecule is CCN(C(=O)CSc1nnc(-c2ccc(C(C)(C)C)cc2)n1-c1ccccc1)[C@@H]1CCS(=O)(=O)C1. The molecule has 35 heavy (non-hydrogen) atoms. The highest BCUT2D eigenvalue weighted by atomic mass is 32.2. The van der Waals surface area contributed by atoms with Crippen molar-refractivity contribution in [3.8, 4) is 17.1 Å². The van der Waals surface area contributed by atoms with Gasteiger partial charge in [0.2, 0.25) is 5.91 Å². The Labute approximate surface area is 211 Å². The fourth-order valence-corrected chi connectivity index (χ4v) is 6.92. The summed E-state index contributed by atoms with van der Waals surface area (Å²) in [6, 6.07) is 18.0. The zero-order chi connectivity index (χ0) is 25.2. The number of thioether (sulfide) groups is 1. The van der Waals surface area contributed by atoms with Crippen molar-refractivity contribution in [1.82, 2.24) is 19.7 Å². The normalized spacial score (nSPS) is 17.4. The lowest BCUT2D eigenvalue weighted by atomic mass is 9.87. The lowest BCUT2D eigenvalue weighted by Gasteiger charge is -2.26. The van der Waals surface area contributed by atoms with Gasteiger partial charge in [-0.2, -0.15) is 0 Å². The van der Waals surface area contributed by atoms with E-state index in [1.165, 1.54) is 17.3 Å². The minimum atomic E-state index is -3.06. The van der Waals surface area contributed by atoms with E-state index in [1.807, 2.05) is 41.8 Å². The van der Waals surface area contributed by atoms with E-state index in [9.17, 15) is 13.2 Å². The number of carbonyl (C=O) groups is 1. The number of rotatable bonds is 7. The summed E-state index contributed by atoms with van der Waals surface area (Å²) in [6.07, 6.45) is 0.501. The van der Waals surface area contributed by atoms with Crippen LogP contribution < -0.4 is 0 Å². The van der Waals surface area contributed by atoms with Crippen LogP contribution in [0.1, 0.15) is 39.7 Å². The molecule has 1 saturated heterocycles. The Balaban J connectivity index is 1.60. The minimum absolute atomic E-state index is 0.0478. The smallest absolute Gasteiger partial charge is 0.233 e. The third-order valence-electron chi connectivity index (χ3n) is 6.29. The highest BCUT2D eigenvalue weighted by molar-refractivity contribution is 7.99. The molecule has 2 aromatic carbocycles. The van der Waals surface area contributed by atoms with Crippen LogP contribution in [0.15, 0.2) is 59.8 Å². The number of hydrogen-bond acceptors (Lipinski definition) is 6. The second kappa shape index (κ2) is 10.1. The molecule has 0 saturated carbocycles. The Morgan fingerprint density at radius 1 is 1.09 bits per heavy atom. The lowest BCUT2D eigenvalue weighted by molar-refractivity contribution is -0.129. The Hall–Kier alpha value is -2.65. The van der Waals surface area contributed by atoms with E-state index < -0.39 is 9.84 Å². The number of benzene rings is 2. The van der Waals surface area contributed by atoms with Crippen LogP contribution in [0.5, 0.6) is 0 Å². The molecule has 1 atom stereocenters. The predicted octanol–water partition coefficient (Wildman–Crippen LogP) is 4.36. The summed E-state index contributed by atoms with van der Waals surface area (Å²) in [5, 5.41) is 9.53. The van der Waals surface area contributed by atoms with Crippen LogP contribution in [0, 0.1) is 0 Å². The zero-order valence-corrected chi connectivity index (χ0v) is 22.3. The molecular formula is C26H32N4O3S2. The maximum Gasteiger partial charge on any atom is 0.233 e. The molecule has 0 spiro atoms. The van der Waals surface area contributed by atoms with Gasteiger partial charge in [-0.05, 0) is 36.5 Å². The number of sulfone groups is 1. The predicted molar refractivity (Wildman–Crippen MR) is 141 cm³/mol. The minimum Gasteiger partial charge on any atom is -0.338 e. The molecule has 0 bridgehead atoms. The van der Waals surface area contributed by atoms with Crippen LogP contribution in [0.3, 0.4) is 0 Å². The van der Waals surface area contributed by atoms with Crippen molar-refractivity contribution in [1.29, 1.82) is 0 Å². The van der Waals surface area contributed by atoms with Crippen LogP contribution in [-0.4, -0.2) is 63.8 Å².